The lowest BCUT2D eigenvalue weighted by Crippen LogP contribution is -2.43. The molecule has 2 aromatic rings. The maximum atomic E-state index is 12.4. The van der Waals surface area contributed by atoms with Gasteiger partial charge in [-0.3, -0.25) is 0 Å². The van der Waals surface area contributed by atoms with Crippen LogP contribution >= 0.6 is 23.2 Å². The Bertz CT molecular complexity index is 759. The fourth-order valence-corrected chi connectivity index (χ4v) is 2.83. The van der Waals surface area contributed by atoms with E-state index >= 15 is 0 Å². The van der Waals surface area contributed by atoms with Gasteiger partial charge >= 0.3 is 6.03 Å². The maximum absolute atomic E-state index is 12.4. The standard InChI is InChI=1S/C18H20Cl2N2O3/c1-18(2,11-8-9-14(24-3)15(10-11)25-4)22-17(23)21-16-12(19)6-5-7-13(16)20/h5-10H,1-4H3,(H2,21,22,23). The number of urea groups is 1. The first kappa shape index (κ1) is 19.2. The Labute approximate surface area is 157 Å². The molecule has 0 aliphatic rings. The van der Waals surface area contributed by atoms with Crippen molar-refractivity contribution in [3.63, 3.8) is 0 Å². The molecule has 0 spiro atoms. The number of ether oxygens (including phenoxy) is 2. The number of rotatable bonds is 5. The van der Waals surface area contributed by atoms with Gasteiger partial charge in [0, 0.05) is 0 Å². The summed E-state index contributed by atoms with van der Waals surface area (Å²) >= 11 is 12.2. The maximum Gasteiger partial charge on any atom is 0.320 e. The largest absolute Gasteiger partial charge is 0.493 e. The van der Waals surface area contributed by atoms with Crippen molar-refractivity contribution in [2.45, 2.75) is 19.4 Å². The molecule has 0 heterocycles. The average molecular weight is 383 g/mol. The molecule has 2 N–H and O–H groups in total. The fraction of sp³-hybridized carbons (Fsp3) is 0.278. The summed E-state index contributed by atoms with van der Waals surface area (Å²) in [5, 5.41) is 6.32. The number of hydrogen-bond acceptors (Lipinski definition) is 3. The van der Waals surface area contributed by atoms with Crippen LogP contribution in [0, 0.1) is 0 Å². The van der Waals surface area contributed by atoms with Gasteiger partial charge in [-0.25, -0.2) is 4.79 Å². The topological polar surface area (TPSA) is 59.6 Å². The number of hydrogen-bond donors (Lipinski definition) is 2. The van der Waals surface area contributed by atoms with Crippen LogP contribution in [0.2, 0.25) is 10.0 Å². The highest BCUT2D eigenvalue weighted by Gasteiger charge is 2.25. The lowest BCUT2D eigenvalue weighted by molar-refractivity contribution is 0.241. The predicted molar refractivity (Wildman–Crippen MR) is 101 cm³/mol. The van der Waals surface area contributed by atoms with E-state index in [1.165, 1.54) is 0 Å². The van der Waals surface area contributed by atoms with E-state index in [2.05, 4.69) is 10.6 Å². The number of para-hydroxylation sites is 1. The van der Waals surface area contributed by atoms with Crippen molar-refractivity contribution in [1.82, 2.24) is 5.32 Å². The van der Waals surface area contributed by atoms with Gasteiger partial charge in [-0.05, 0) is 43.7 Å². The second-order valence-corrected chi connectivity index (χ2v) is 6.68. The molecular formula is C18H20Cl2N2O3. The Morgan fingerprint density at radius 1 is 1.00 bits per heavy atom. The molecule has 5 nitrogen and oxygen atoms in total. The fourth-order valence-electron chi connectivity index (χ4n) is 2.34. The highest BCUT2D eigenvalue weighted by Crippen LogP contribution is 2.33. The number of anilines is 1. The third-order valence-electron chi connectivity index (χ3n) is 3.73. The molecule has 0 radical (unpaired) electrons. The van der Waals surface area contributed by atoms with Crippen LogP contribution in [-0.4, -0.2) is 20.3 Å². The molecule has 0 bridgehead atoms. The number of amides is 2. The van der Waals surface area contributed by atoms with E-state index in [4.69, 9.17) is 32.7 Å². The summed E-state index contributed by atoms with van der Waals surface area (Å²) in [5.41, 5.74) is 0.550. The lowest BCUT2D eigenvalue weighted by atomic mass is 9.94. The second kappa shape index (κ2) is 7.85. The van der Waals surface area contributed by atoms with Gasteiger partial charge in [-0.2, -0.15) is 0 Å². The summed E-state index contributed by atoms with van der Waals surface area (Å²) in [5.74, 6) is 1.21. The van der Waals surface area contributed by atoms with E-state index in [1.807, 2.05) is 26.0 Å². The molecule has 0 aromatic heterocycles. The summed E-state index contributed by atoms with van der Waals surface area (Å²) in [6, 6.07) is 10.1. The van der Waals surface area contributed by atoms with Crippen LogP contribution in [0.3, 0.4) is 0 Å². The number of carbonyl (C=O) groups is 1. The van der Waals surface area contributed by atoms with Crippen molar-refractivity contribution >= 4 is 34.9 Å². The molecule has 0 aliphatic carbocycles. The van der Waals surface area contributed by atoms with E-state index in [0.29, 0.717) is 27.2 Å². The third-order valence-corrected chi connectivity index (χ3v) is 4.36. The van der Waals surface area contributed by atoms with E-state index < -0.39 is 11.6 Å². The van der Waals surface area contributed by atoms with E-state index in [9.17, 15) is 4.79 Å². The summed E-state index contributed by atoms with van der Waals surface area (Å²) < 4.78 is 10.6. The molecule has 7 heteroatoms. The Morgan fingerprint density at radius 2 is 1.60 bits per heavy atom. The van der Waals surface area contributed by atoms with Crippen LogP contribution in [0.25, 0.3) is 0 Å². The monoisotopic (exact) mass is 382 g/mol. The summed E-state index contributed by atoms with van der Waals surface area (Å²) in [4.78, 5) is 12.4. The normalized spacial score (nSPS) is 11.0. The molecule has 2 rings (SSSR count). The van der Waals surface area contributed by atoms with Gasteiger partial charge in [0.25, 0.3) is 0 Å². The van der Waals surface area contributed by atoms with Gasteiger partial charge in [0.15, 0.2) is 11.5 Å². The molecule has 134 valence electrons. The minimum Gasteiger partial charge on any atom is -0.493 e. The summed E-state index contributed by atoms with van der Waals surface area (Å²) in [7, 11) is 3.13. The number of carbonyl (C=O) groups excluding carboxylic acids is 1. The SMILES string of the molecule is COc1ccc(C(C)(C)NC(=O)Nc2c(Cl)cccc2Cl)cc1OC. The van der Waals surface area contributed by atoms with Crippen LogP contribution in [0.1, 0.15) is 19.4 Å². The van der Waals surface area contributed by atoms with Gasteiger partial charge in [-0.15, -0.1) is 0 Å². The smallest absolute Gasteiger partial charge is 0.320 e. The number of methoxy groups -OCH3 is 2. The Kier molecular flexibility index (Phi) is 6.03. The predicted octanol–water partition coefficient (Wildman–Crippen LogP) is 5.07. The minimum absolute atomic E-state index is 0.367. The van der Waals surface area contributed by atoms with Crippen molar-refractivity contribution < 1.29 is 14.3 Å². The molecule has 0 fully saturated rings. The highest BCUT2D eigenvalue weighted by molar-refractivity contribution is 6.39. The zero-order chi connectivity index (χ0) is 18.6. The molecule has 0 saturated heterocycles. The summed E-state index contributed by atoms with van der Waals surface area (Å²) in [6.07, 6.45) is 0. The zero-order valence-corrected chi connectivity index (χ0v) is 16.0. The van der Waals surface area contributed by atoms with Gasteiger partial charge in [-0.1, -0.05) is 35.3 Å². The van der Waals surface area contributed by atoms with Crippen LogP contribution in [-0.2, 0) is 5.54 Å². The average Bonchev–Trinajstić information content (AvgIpc) is 2.57. The second-order valence-electron chi connectivity index (χ2n) is 5.87. The molecule has 0 aliphatic heterocycles. The molecule has 2 amide bonds. The Morgan fingerprint density at radius 3 is 2.16 bits per heavy atom. The van der Waals surface area contributed by atoms with Gasteiger partial charge in [0.1, 0.15) is 0 Å². The molecule has 25 heavy (non-hydrogen) atoms. The number of nitrogens with one attached hydrogen (secondary N) is 2. The molecule has 2 aromatic carbocycles. The first-order valence-corrected chi connectivity index (χ1v) is 8.29. The van der Waals surface area contributed by atoms with Crippen LogP contribution in [0.4, 0.5) is 10.5 Å². The van der Waals surface area contributed by atoms with Gasteiger partial charge in [0.2, 0.25) is 0 Å². The highest BCUT2D eigenvalue weighted by atomic mass is 35.5. The lowest BCUT2D eigenvalue weighted by Gasteiger charge is -2.28. The minimum atomic E-state index is -0.669. The van der Waals surface area contributed by atoms with Crippen molar-refractivity contribution in [3.8, 4) is 11.5 Å². The number of halogens is 2. The van der Waals surface area contributed by atoms with Crippen molar-refractivity contribution in [2.24, 2.45) is 0 Å². The quantitative estimate of drug-likeness (QED) is 0.758. The molecular weight excluding hydrogens is 363 g/mol. The van der Waals surface area contributed by atoms with Crippen LogP contribution in [0.15, 0.2) is 36.4 Å². The third kappa shape index (κ3) is 4.50. The molecule has 0 saturated carbocycles. The van der Waals surface area contributed by atoms with Crippen molar-refractivity contribution in [2.75, 3.05) is 19.5 Å². The van der Waals surface area contributed by atoms with Gasteiger partial charge < -0.3 is 20.1 Å². The van der Waals surface area contributed by atoms with E-state index in [0.717, 1.165) is 5.56 Å². The van der Waals surface area contributed by atoms with Crippen LogP contribution in [0.5, 0.6) is 11.5 Å². The first-order chi connectivity index (χ1) is 11.8. The van der Waals surface area contributed by atoms with Crippen LogP contribution < -0.4 is 20.1 Å². The van der Waals surface area contributed by atoms with Crippen molar-refractivity contribution in [1.29, 1.82) is 0 Å². The van der Waals surface area contributed by atoms with Crippen molar-refractivity contribution in [3.05, 3.63) is 52.0 Å². The molecule has 0 unspecified atom stereocenters. The summed E-state index contributed by atoms with van der Waals surface area (Å²) in [6.45, 7) is 3.75. The Balaban J connectivity index is 2.19. The van der Waals surface area contributed by atoms with E-state index in [1.54, 1.807) is 38.5 Å². The van der Waals surface area contributed by atoms with Gasteiger partial charge in [0.05, 0.1) is 35.5 Å². The first-order valence-electron chi connectivity index (χ1n) is 7.54. The Hall–Kier alpha value is -2.11. The molecule has 0 atom stereocenters. The number of benzene rings is 2. The zero-order valence-electron chi connectivity index (χ0n) is 14.4. The van der Waals surface area contributed by atoms with E-state index in [-0.39, 0.29) is 0 Å².